The third-order valence-electron chi connectivity index (χ3n) is 24.9. The minimum absolute atomic E-state index is 0.0278. The van der Waals surface area contributed by atoms with Crippen LogP contribution in [-0.2, 0) is 30.4 Å². The van der Waals surface area contributed by atoms with E-state index in [0.29, 0.717) is 85.8 Å². The van der Waals surface area contributed by atoms with Crippen LogP contribution in [0.2, 0.25) is 0 Å². The fraction of sp³-hybridized carbons (Fsp3) is 0.938. The summed E-state index contributed by atoms with van der Waals surface area (Å²) in [6.07, 6.45) is 24.7. The molecule has 7 heterocycles. The zero-order valence-electron chi connectivity index (χ0n) is 81.6. The number of hydrogen-bond acceptors (Lipinski definition) is 15. The number of aliphatic hydroxyl groups excluding tert-OH is 2. The maximum atomic E-state index is 11.2. The van der Waals surface area contributed by atoms with Crippen molar-refractivity contribution >= 4 is 28.9 Å². The van der Waals surface area contributed by atoms with Gasteiger partial charge in [0.1, 0.15) is 28.9 Å². The number of rotatable bonds is 13. The largest absolute Gasteiger partial charge is 0.393 e. The lowest BCUT2D eigenvalue weighted by Gasteiger charge is -2.50. The minimum atomic E-state index is -0.465. The first-order chi connectivity index (χ1) is 51.1. The van der Waals surface area contributed by atoms with E-state index in [9.17, 15) is 34.2 Å². The summed E-state index contributed by atoms with van der Waals surface area (Å²) in [4.78, 5) is 67.0. The molecule has 16 heteroatoms. The molecule has 6 aliphatic heterocycles. The first kappa shape index (κ1) is 110. The monoisotopic (exact) mass is 1590 g/mol. The number of piperidine rings is 5. The second kappa shape index (κ2) is 49.8. The third kappa shape index (κ3) is 53.4. The smallest absolute Gasteiger partial charge is 0.175 e. The number of Topliss-reactive ketones (excluding diaryl/α,β-unsaturated/α-hetero) is 5. The number of ketones is 5. The van der Waals surface area contributed by atoms with Gasteiger partial charge in [0.15, 0.2) is 5.82 Å². The van der Waals surface area contributed by atoms with E-state index in [4.69, 9.17) is 0 Å². The highest BCUT2D eigenvalue weighted by molar-refractivity contribution is 5.86. The summed E-state index contributed by atoms with van der Waals surface area (Å²) in [6.45, 7) is 89.7. The molecule has 0 aromatic carbocycles. The summed E-state index contributed by atoms with van der Waals surface area (Å²) in [5.74, 6) is 7.01. The van der Waals surface area contributed by atoms with Gasteiger partial charge in [0.2, 0.25) is 0 Å². The number of nitrogens with zero attached hydrogens (tertiary/aromatic N) is 8. The van der Waals surface area contributed by atoms with Crippen molar-refractivity contribution in [2.75, 3.05) is 99.2 Å². The van der Waals surface area contributed by atoms with Crippen LogP contribution in [0.4, 0.5) is 0 Å². The number of H-pyrrole nitrogens is 1. The van der Waals surface area contributed by atoms with Crippen molar-refractivity contribution in [3.63, 3.8) is 0 Å². The van der Waals surface area contributed by atoms with Crippen LogP contribution in [0.3, 0.4) is 0 Å². The van der Waals surface area contributed by atoms with E-state index in [1.807, 2.05) is 0 Å². The Morgan fingerprint density at radius 3 is 1.28 bits per heavy atom. The highest BCUT2D eigenvalue weighted by Crippen LogP contribution is 2.59. The molecule has 4 atom stereocenters. The van der Waals surface area contributed by atoms with Crippen molar-refractivity contribution in [3.05, 3.63) is 5.82 Å². The van der Waals surface area contributed by atoms with E-state index >= 15 is 0 Å². The van der Waals surface area contributed by atoms with Crippen LogP contribution in [0.25, 0.3) is 0 Å². The molecular weight excluding hydrogens is 1400 g/mol. The fourth-order valence-corrected chi connectivity index (χ4v) is 16.8. The zero-order chi connectivity index (χ0) is 87.8. The highest BCUT2D eigenvalue weighted by Gasteiger charge is 2.55. The lowest BCUT2D eigenvalue weighted by atomic mass is 9.67. The molecule has 3 saturated carbocycles. The summed E-state index contributed by atoms with van der Waals surface area (Å²) in [7, 11) is 4.43. The van der Waals surface area contributed by atoms with Crippen LogP contribution in [0.15, 0.2) is 0 Å². The van der Waals surface area contributed by atoms with Crippen LogP contribution >= 0.6 is 0 Å². The Balaban J connectivity index is 0.00000124. The predicted octanol–water partition coefficient (Wildman–Crippen LogP) is 21.9. The van der Waals surface area contributed by atoms with Crippen molar-refractivity contribution < 1.29 is 34.2 Å². The van der Waals surface area contributed by atoms with Gasteiger partial charge in [-0.05, 0) is 287 Å². The lowest BCUT2D eigenvalue weighted by Crippen LogP contribution is -2.51. The molecule has 9 aliphatic rings. The van der Waals surface area contributed by atoms with Gasteiger partial charge in [-0.2, -0.15) is 5.21 Å². The van der Waals surface area contributed by atoms with Crippen LogP contribution in [0, 0.1) is 95.1 Å². The van der Waals surface area contributed by atoms with Crippen LogP contribution in [0.1, 0.15) is 382 Å². The van der Waals surface area contributed by atoms with E-state index in [1.54, 1.807) is 20.8 Å². The van der Waals surface area contributed by atoms with Gasteiger partial charge in [-0.1, -0.05) is 219 Å². The van der Waals surface area contributed by atoms with E-state index in [2.05, 4.69) is 267 Å². The number of tetrazole rings is 1. The van der Waals surface area contributed by atoms with E-state index in [1.165, 1.54) is 137 Å². The standard InChI is InChI=1S/C12H22O.C11H24N2.C11H21NO.C11H21N.C10H21N.C9H18O2.C9H16O.2C9H18O.C6H12N4/c1-9(13)10-5-7-11(8-6-10)12(2,3)4;1-11(2,3)5-6-13-9-7-12(4)8-10-13;1-11(2,3)6-8-12-7-4-5-10(13)9-12;1-11(2,3)10-8-12-6-4-9(10)5-7-12;1-10(2,3)9-5-7-11(4)8-6-9;1-7(10)5-8(11)6-9(2,3)4;1-7(10)9(5-6-9)8(2,3)4;1-9(2,3)7-5-4-6-8(7)10;1-8(10)6-5-7-9(2,3)4;1-6(2,3)4-5-7-9-10-8-5/h10-11H,5-8H2,1-4H3;5-10H2,1-4H3;4-9H2,1-3H3;9-10H,4-8H2,1-3H3;9H,5-8H2,1-4H3;8,11H,5-6H2,1-4H3;5-6H2,1-4H3;7-8,10H,4-6H2,1-3H3;5-7H2,1-4H3;4H2,1-3H3,(H,7,8,9,10). The summed E-state index contributed by atoms with van der Waals surface area (Å²) in [6, 6.07) is 0. The molecular formula is C97H191N9O7. The molecule has 0 spiro atoms. The van der Waals surface area contributed by atoms with Gasteiger partial charge in [-0.15, -0.1) is 10.2 Å². The summed E-state index contributed by atoms with van der Waals surface area (Å²) in [5, 5.41) is 32.5. The molecule has 0 radical (unpaired) electrons. The summed E-state index contributed by atoms with van der Waals surface area (Å²) < 4.78 is 0. The lowest BCUT2D eigenvalue weighted by molar-refractivity contribution is -0.126. The van der Waals surface area contributed by atoms with Gasteiger partial charge in [0.25, 0.3) is 0 Å². The molecule has 4 unspecified atom stereocenters. The number of aromatic nitrogens is 4. The van der Waals surface area contributed by atoms with Gasteiger partial charge >= 0.3 is 0 Å². The Labute approximate surface area is 699 Å². The van der Waals surface area contributed by atoms with Crippen LogP contribution < -0.4 is 0 Å². The molecule has 666 valence electrons. The zero-order valence-corrected chi connectivity index (χ0v) is 81.6. The Hall–Kier alpha value is -2.86. The molecule has 16 nitrogen and oxygen atoms in total. The first-order valence-corrected chi connectivity index (χ1v) is 45.3. The first-order valence-electron chi connectivity index (χ1n) is 45.3. The number of likely N-dealkylation sites (tertiary alicyclic amines) is 2. The number of aliphatic hydroxyl groups is 2. The molecule has 1 aromatic heterocycles. The molecule has 10 rings (SSSR count). The van der Waals surface area contributed by atoms with Gasteiger partial charge in [-0.3, -0.25) is 24.1 Å². The summed E-state index contributed by atoms with van der Waals surface area (Å²) in [5.41, 5.74) is 3.63. The van der Waals surface area contributed by atoms with Gasteiger partial charge in [0, 0.05) is 69.7 Å². The van der Waals surface area contributed by atoms with Gasteiger partial charge in [0.05, 0.1) is 18.8 Å². The Bertz CT molecular complexity index is 2730. The SMILES string of the molecule is CC(=O)C1(C(C)(C)C)CC1.CC(=O)C1CCC(C(C)(C)C)CC1.CC(=O)CC(O)CC(C)(C)C.CC(=O)CCCC(C)(C)C.CC(C)(C)C1CCCC1O.CC(C)(C)C1CN2CCC1CC2.CC(C)(C)CCN1CCCC(=O)C1.CC(C)(C)Cc1nn[nH]n1.CN1CCC(C(C)(C)C)CC1.CN1CCN(CCC(C)(C)C)CC1. The number of carbonyl (C=O) groups is 5. The van der Waals surface area contributed by atoms with Gasteiger partial charge < -0.3 is 34.6 Å². The normalized spacial score (nSPS) is 23.7. The molecule has 113 heavy (non-hydrogen) atoms. The van der Waals surface area contributed by atoms with Crippen molar-refractivity contribution in [3.8, 4) is 0 Å². The second-order valence-corrected chi connectivity index (χ2v) is 47.6. The summed E-state index contributed by atoms with van der Waals surface area (Å²) >= 11 is 0. The van der Waals surface area contributed by atoms with Crippen molar-refractivity contribution in [2.24, 2.45) is 95.1 Å². The molecule has 9 fully saturated rings. The van der Waals surface area contributed by atoms with Gasteiger partial charge in [-0.25, -0.2) is 0 Å². The highest BCUT2D eigenvalue weighted by atomic mass is 16.3. The number of carbonyl (C=O) groups excluding carboxylic acids is 5. The van der Waals surface area contributed by atoms with Crippen molar-refractivity contribution in [1.29, 1.82) is 0 Å². The number of nitrogens with one attached hydrogen (secondary N) is 1. The fourth-order valence-electron chi connectivity index (χ4n) is 16.8. The van der Waals surface area contributed by atoms with E-state index < -0.39 is 6.10 Å². The predicted molar refractivity (Wildman–Crippen MR) is 481 cm³/mol. The quantitative estimate of drug-likeness (QED) is 0.169. The molecule has 0 amide bonds. The maximum Gasteiger partial charge on any atom is 0.175 e. The Kier molecular flexibility index (Phi) is 48.5. The molecule has 3 aliphatic carbocycles. The topological polar surface area (TPSA) is 196 Å². The number of likely N-dealkylation sites (N-methyl/N-ethyl adjacent to an activating group) is 1. The number of fused-ring (bicyclic) bond motifs is 3. The Morgan fingerprint density at radius 1 is 0.504 bits per heavy atom. The number of hydrogen-bond donors (Lipinski definition) is 3. The second-order valence-electron chi connectivity index (χ2n) is 47.6. The Morgan fingerprint density at radius 2 is 0.973 bits per heavy atom. The molecule has 1 aromatic rings. The molecule has 3 N–H and O–H groups in total. The van der Waals surface area contributed by atoms with Crippen LogP contribution in [-0.4, -0.2) is 196 Å². The maximum absolute atomic E-state index is 11.2. The number of aromatic amines is 1. The molecule has 6 saturated heterocycles. The van der Waals surface area contributed by atoms with E-state index in [0.717, 1.165) is 113 Å². The van der Waals surface area contributed by atoms with Crippen LogP contribution in [0.5, 0.6) is 0 Å². The van der Waals surface area contributed by atoms with E-state index in [-0.39, 0.29) is 40.0 Å². The number of piperazine rings is 1. The average Bonchev–Trinajstić information content (AvgIpc) is 1.60. The van der Waals surface area contributed by atoms with Crippen molar-refractivity contribution in [1.82, 2.24) is 45.1 Å². The van der Waals surface area contributed by atoms with Crippen molar-refractivity contribution in [2.45, 2.75) is 395 Å². The molecule has 2 bridgehead atoms. The average molecular weight is 1600 g/mol. The third-order valence-corrected chi connectivity index (χ3v) is 24.9. The minimum Gasteiger partial charge on any atom is -0.393 e.